The molecule has 0 unspecified atom stereocenters. The number of methoxy groups -OCH3 is 1. The smallest absolute Gasteiger partial charge is 0.329 e. The molecule has 3 rings (SSSR count). The Morgan fingerprint density at radius 3 is 2.54 bits per heavy atom. The Bertz CT molecular complexity index is 911. The van der Waals surface area contributed by atoms with Crippen molar-refractivity contribution in [2.45, 2.75) is 6.16 Å². The summed E-state index contributed by atoms with van der Waals surface area (Å²) < 4.78 is 16.1. The van der Waals surface area contributed by atoms with Gasteiger partial charge >= 0.3 is 7.60 Å². The highest BCUT2D eigenvalue weighted by Gasteiger charge is 2.13. The van der Waals surface area contributed by atoms with Gasteiger partial charge < -0.3 is 19.8 Å². The molecule has 0 saturated carbocycles. The molecule has 0 saturated heterocycles. The van der Waals surface area contributed by atoms with Gasteiger partial charge in [0.25, 0.3) is 0 Å². The summed E-state index contributed by atoms with van der Waals surface area (Å²) in [7, 11) is -2.54. The van der Waals surface area contributed by atoms with Gasteiger partial charge in [-0.05, 0) is 23.8 Å². The predicted octanol–water partition coefficient (Wildman–Crippen LogP) is 2.45. The van der Waals surface area contributed by atoms with Crippen LogP contribution in [-0.2, 0) is 10.7 Å². The van der Waals surface area contributed by atoms with Gasteiger partial charge in [-0.2, -0.15) is 4.98 Å². The molecule has 3 N–H and O–H groups in total. The van der Waals surface area contributed by atoms with Gasteiger partial charge in [0.2, 0.25) is 5.88 Å². The number of benzene rings is 1. The number of anilines is 2. The number of nitrogens with one attached hydrogen (secondary N) is 1. The molecule has 8 nitrogen and oxygen atoms in total. The highest BCUT2D eigenvalue weighted by atomic mass is 31.2. The zero-order chi connectivity index (χ0) is 17.2. The number of hydrogen-bond acceptors (Lipinski definition) is 6. The molecule has 2 aromatic heterocycles. The van der Waals surface area contributed by atoms with Crippen LogP contribution in [0.15, 0.2) is 42.7 Å². The van der Waals surface area contributed by atoms with E-state index in [1.165, 1.54) is 13.4 Å². The van der Waals surface area contributed by atoms with Gasteiger partial charge in [0.15, 0.2) is 5.65 Å². The standard InChI is InChI=1S/C15H15N4O4P/c1-23-13-7-6-12-14(16-9-17-15(12)19-13)18-11-4-2-10(3-5-11)8-24(20,21)22/h2-7,9H,8H2,1H3,(H2,20,21,22)(H,16,17,18,19). The molecule has 1 aromatic carbocycles. The van der Waals surface area contributed by atoms with Gasteiger partial charge in [-0.15, -0.1) is 0 Å². The van der Waals surface area contributed by atoms with Crippen LogP contribution in [0.3, 0.4) is 0 Å². The zero-order valence-electron chi connectivity index (χ0n) is 12.7. The van der Waals surface area contributed by atoms with E-state index in [4.69, 9.17) is 14.5 Å². The van der Waals surface area contributed by atoms with Crippen LogP contribution >= 0.6 is 7.60 Å². The van der Waals surface area contributed by atoms with E-state index >= 15 is 0 Å². The first-order chi connectivity index (χ1) is 11.4. The Morgan fingerprint density at radius 1 is 1.12 bits per heavy atom. The van der Waals surface area contributed by atoms with Crippen molar-refractivity contribution in [3.05, 3.63) is 48.3 Å². The molecule has 0 amide bonds. The number of aromatic nitrogens is 3. The molecule has 0 spiro atoms. The summed E-state index contributed by atoms with van der Waals surface area (Å²) in [6, 6.07) is 10.3. The second-order valence-electron chi connectivity index (χ2n) is 5.09. The van der Waals surface area contributed by atoms with Crippen LogP contribution < -0.4 is 10.1 Å². The number of rotatable bonds is 5. The van der Waals surface area contributed by atoms with Crippen molar-refractivity contribution in [3.8, 4) is 5.88 Å². The molecule has 0 bridgehead atoms. The molecule has 0 aliphatic rings. The minimum atomic E-state index is -4.07. The second kappa shape index (κ2) is 6.52. The van der Waals surface area contributed by atoms with E-state index in [0.717, 1.165) is 11.1 Å². The van der Waals surface area contributed by atoms with Crippen molar-refractivity contribution in [1.82, 2.24) is 15.0 Å². The fourth-order valence-electron chi connectivity index (χ4n) is 2.21. The van der Waals surface area contributed by atoms with Crippen molar-refractivity contribution in [1.29, 1.82) is 0 Å². The number of fused-ring (bicyclic) bond motifs is 1. The molecule has 0 radical (unpaired) electrons. The highest BCUT2D eigenvalue weighted by molar-refractivity contribution is 7.50. The first-order valence-corrected chi connectivity index (χ1v) is 8.81. The lowest BCUT2D eigenvalue weighted by Crippen LogP contribution is -1.98. The Balaban J connectivity index is 1.86. The van der Waals surface area contributed by atoms with Crippen LogP contribution in [-0.4, -0.2) is 31.8 Å². The van der Waals surface area contributed by atoms with Crippen molar-refractivity contribution in [3.63, 3.8) is 0 Å². The molecule has 0 atom stereocenters. The number of nitrogens with zero attached hydrogens (tertiary/aromatic N) is 3. The van der Waals surface area contributed by atoms with E-state index < -0.39 is 7.60 Å². The molecule has 0 fully saturated rings. The molecule has 2 heterocycles. The lowest BCUT2D eigenvalue weighted by atomic mass is 10.2. The molecule has 0 aliphatic carbocycles. The van der Waals surface area contributed by atoms with Gasteiger partial charge in [-0.1, -0.05) is 12.1 Å². The van der Waals surface area contributed by atoms with E-state index in [-0.39, 0.29) is 6.16 Å². The van der Waals surface area contributed by atoms with E-state index in [2.05, 4.69) is 20.3 Å². The third kappa shape index (κ3) is 3.86. The lowest BCUT2D eigenvalue weighted by molar-refractivity contribution is 0.371. The highest BCUT2D eigenvalue weighted by Crippen LogP contribution is 2.39. The Hall–Kier alpha value is -2.54. The Labute approximate surface area is 137 Å². The molecular weight excluding hydrogens is 331 g/mol. The van der Waals surface area contributed by atoms with Crippen LogP contribution in [0.5, 0.6) is 5.88 Å². The molecule has 24 heavy (non-hydrogen) atoms. The summed E-state index contributed by atoms with van der Waals surface area (Å²) in [5, 5.41) is 3.88. The minimum absolute atomic E-state index is 0.284. The average molecular weight is 346 g/mol. The monoisotopic (exact) mass is 346 g/mol. The summed E-state index contributed by atoms with van der Waals surface area (Å²) in [5.74, 6) is 1.05. The number of ether oxygens (including phenoxy) is 1. The fourth-order valence-corrected chi connectivity index (χ4v) is 2.89. The van der Waals surface area contributed by atoms with E-state index in [0.29, 0.717) is 22.9 Å². The van der Waals surface area contributed by atoms with Crippen molar-refractivity contribution in [2.75, 3.05) is 12.4 Å². The third-order valence-electron chi connectivity index (χ3n) is 3.29. The van der Waals surface area contributed by atoms with Crippen LogP contribution in [0.25, 0.3) is 11.0 Å². The van der Waals surface area contributed by atoms with Gasteiger partial charge in [-0.25, -0.2) is 9.97 Å². The maximum absolute atomic E-state index is 11.0. The lowest BCUT2D eigenvalue weighted by Gasteiger charge is -2.09. The zero-order valence-corrected chi connectivity index (χ0v) is 13.6. The maximum atomic E-state index is 11.0. The van der Waals surface area contributed by atoms with Crippen molar-refractivity contribution < 1.29 is 19.1 Å². The summed E-state index contributed by atoms with van der Waals surface area (Å²) in [6.45, 7) is 0. The molecule has 3 aromatic rings. The van der Waals surface area contributed by atoms with Crippen LogP contribution in [0.1, 0.15) is 5.56 Å². The van der Waals surface area contributed by atoms with Gasteiger partial charge in [0, 0.05) is 11.8 Å². The summed E-state index contributed by atoms with van der Waals surface area (Å²) in [5.41, 5.74) is 1.80. The van der Waals surface area contributed by atoms with Gasteiger partial charge in [-0.3, -0.25) is 4.57 Å². The Morgan fingerprint density at radius 2 is 1.88 bits per heavy atom. The van der Waals surface area contributed by atoms with Crippen LogP contribution in [0.4, 0.5) is 11.5 Å². The summed E-state index contributed by atoms with van der Waals surface area (Å²) >= 11 is 0. The van der Waals surface area contributed by atoms with Gasteiger partial charge in [0.1, 0.15) is 12.1 Å². The third-order valence-corrected chi connectivity index (χ3v) is 4.06. The second-order valence-corrected chi connectivity index (χ2v) is 6.74. The van der Waals surface area contributed by atoms with Crippen LogP contribution in [0.2, 0.25) is 0 Å². The quantitative estimate of drug-likeness (QED) is 0.603. The average Bonchev–Trinajstić information content (AvgIpc) is 2.55. The normalized spacial score (nSPS) is 11.5. The molecular formula is C15H15N4O4P. The SMILES string of the molecule is COc1ccc2c(Nc3ccc(CP(=O)(O)O)cc3)ncnc2n1. The van der Waals surface area contributed by atoms with E-state index in [1.54, 1.807) is 30.3 Å². The Kier molecular flexibility index (Phi) is 4.44. The molecule has 124 valence electrons. The predicted molar refractivity (Wildman–Crippen MR) is 89.4 cm³/mol. The fraction of sp³-hybridized carbons (Fsp3) is 0.133. The first kappa shape index (κ1) is 16.3. The van der Waals surface area contributed by atoms with Gasteiger partial charge in [0.05, 0.1) is 18.7 Å². The first-order valence-electron chi connectivity index (χ1n) is 7.01. The summed E-state index contributed by atoms with van der Waals surface area (Å²) in [4.78, 5) is 30.6. The maximum Gasteiger partial charge on any atom is 0.329 e. The van der Waals surface area contributed by atoms with Crippen molar-refractivity contribution >= 4 is 30.1 Å². The van der Waals surface area contributed by atoms with Crippen LogP contribution in [0, 0.1) is 0 Å². The summed E-state index contributed by atoms with van der Waals surface area (Å²) in [6.07, 6.45) is 1.12. The molecule has 0 aliphatic heterocycles. The number of hydrogen-bond donors (Lipinski definition) is 3. The van der Waals surface area contributed by atoms with E-state index in [9.17, 15) is 4.57 Å². The van der Waals surface area contributed by atoms with Crippen molar-refractivity contribution in [2.24, 2.45) is 0 Å². The molecule has 9 heteroatoms. The minimum Gasteiger partial charge on any atom is -0.481 e. The van der Waals surface area contributed by atoms with E-state index in [1.807, 2.05) is 6.07 Å². The topological polar surface area (TPSA) is 117 Å². The number of pyridine rings is 1. The largest absolute Gasteiger partial charge is 0.481 e.